The molecule has 3 N–H and O–H groups in total. The number of hydrogen-bond donors (Lipinski definition) is 3. The molecule has 0 aromatic heterocycles. The lowest BCUT2D eigenvalue weighted by Gasteiger charge is -2.20. The van der Waals surface area contributed by atoms with Gasteiger partial charge in [-0.1, -0.05) is 327 Å². The van der Waals surface area contributed by atoms with E-state index in [0.717, 1.165) is 38.5 Å². The second-order valence-corrected chi connectivity index (χ2v) is 23.2. The first kappa shape index (κ1) is 72.3. The topological polar surface area (TPSA) is 95.9 Å². The fourth-order valence-electron chi connectivity index (χ4n) is 10.6. The van der Waals surface area contributed by atoms with Crippen LogP contribution in [0.15, 0.2) is 24.3 Å². The summed E-state index contributed by atoms with van der Waals surface area (Å²) < 4.78 is 5.48. The number of allylic oxidation sites excluding steroid dienone is 3. The Balaban J connectivity index is 3.42. The van der Waals surface area contributed by atoms with Crippen LogP contribution in [0.4, 0.5) is 0 Å². The Morgan fingerprint density at radius 3 is 0.959 bits per heavy atom. The molecular weight excluding hydrogens is 911 g/mol. The summed E-state index contributed by atoms with van der Waals surface area (Å²) in [5, 5.41) is 23.2. The normalized spacial score (nSPS) is 12.6. The van der Waals surface area contributed by atoms with E-state index >= 15 is 0 Å². The third kappa shape index (κ3) is 59.6. The molecule has 2 atom stereocenters. The van der Waals surface area contributed by atoms with Crippen molar-refractivity contribution in [3.8, 4) is 0 Å². The lowest BCUT2D eigenvalue weighted by molar-refractivity contribution is -0.143. The first-order chi connectivity index (χ1) is 36.5. The lowest BCUT2D eigenvalue weighted by atomic mass is 10.0. The lowest BCUT2D eigenvalue weighted by Crippen LogP contribution is -2.45. The third-order valence-electron chi connectivity index (χ3n) is 15.7. The monoisotopic (exact) mass is 1040 g/mol. The van der Waals surface area contributed by atoms with Crippen molar-refractivity contribution in [2.24, 2.45) is 0 Å². The molecule has 0 fully saturated rings. The molecule has 0 radical (unpaired) electrons. The molecule has 0 aliphatic rings. The van der Waals surface area contributed by atoms with E-state index in [1.54, 1.807) is 6.08 Å². The van der Waals surface area contributed by atoms with E-state index in [1.165, 1.54) is 308 Å². The minimum atomic E-state index is -0.847. The zero-order chi connectivity index (χ0) is 53.6. The number of unbranched alkanes of at least 4 members (excludes halogenated alkanes) is 50. The standard InChI is InChI=1S/C68H131NO5/c1-3-5-7-9-11-13-15-17-18-19-20-28-31-34-37-40-44-48-52-56-60-66(71)65(64-70)69-67(72)61-57-53-49-45-41-38-35-32-29-26-24-22-21-23-25-27-30-33-36-39-43-47-51-55-59-63-74-68(73)62-58-54-50-46-42-16-14-12-10-8-6-4-2/h22,24,56,60,65-66,70-71H,3-21,23,25-55,57-59,61-64H2,1-2H3,(H,69,72)/b24-22-,60-56+. The van der Waals surface area contributed by atoms with Gasteiger partial charge in [0, 0.05) is 12.8 Å². The van der Waals surface area contributed by atoms with Crippen molar-refractivity contribution in [3.63, 3.8) is 0 Å². The van der Waals surface area contributed by atoms with E-state index < -0.39 is 12.1 Å². The van der Waals surface area contributed by atoms with Crippen LogP contribution in [0.2, 0.25) is 0 Å². The second kappa shape index (κ2) is 63.9. The summed E-state index contributed by atoms with van der Waals surface area (Å²) in [6.45, 7) is 4.93. The highest BCUT2D eigenvalue weighted by atomic mass is 16.5. The van der Waals surface area contributed by atoms with Crippen molar-refractivity contribution in [2.75, 3.05) is 13.2 Å². The van der Waals surface area contributed by atoms with Crippen LogP contribution in [0.5, 0.6) is 0 Å². The van der Waals surface area contributed by atoms with Crippen molar-refractivity contribution in [2.45, 2.75) is 386 Å². The van der Waals surface area contributed by atoms with E-state index in [1.807, 2.05) is 6.08 Å². The molecule has 0 aromatic rings. The molecule has 2 unspecified atom stereocenters. The molecule has 0 saturated carbocycles. The number of esters is 1. The van der Waals surface area contributed by atoms with Crippen LogP contribution < -0.4 is 5.32 Å². The Labute approximate surface area is 462 Å². The van der Waals surface area contributed by atoms with Gasteiger partial charge in [0.25, 0.3) is 0 Å². The summed E-state index contributed by atoms with van der Waals surface area (Å²) in [7, 11) is 0. The highest BCUT2D eigenvalue weighted by Gasteiger charge is 2.18. The minimum absolute atomic E-state index is 0.0143. The van der Waals surface area contributed by atoms with Crippen LogP contribution in [-0.2, 0) is 14.3 Å². The molecule has 0 saturated heterocycles. The van der Waals surface area contributed by atoms with E-state index in [9.17, 15) is 19.8 Å². The minimum Gasteiger partial charge on any atom is -0.466 e. The van der Waals surface area contributed by atoms with Gasteiger partial charge in [0.15, 0.2) is 0 Å². The predicted molar refractivity (Wildman–Crippen MR) is 324 cm³/mol. The molecule has 0 bridgehead atoms. The number of aliphatic hydroxyl groups excluding tert-OH is 2. The maximum Gasteiger partial charge on any atom is 0.305 e. The largest absolute Gasteiger partial charge is 0.466 e. The van der Waals surface area contributed by atoms with Gasteiger partial charge in [-0.15, -0.1) is 0 Å². The molecule has 6 nitrogen and oxygen atoms in total. The van der Waals surface area contributed by atoms with Crippen molar-refractivity contribution < 1.29 is 24.5 Å². The molecule has 74 heavy (non-hydrogen) atoms. The van der Waals surface area contributed by atoms with E-state index in [4.69, 9.17) is 4.74 Å². The number of nitrogens with one attached hydrogen (secondary N) is 1. The number of ether oxygens (including phenoxy) is 1. The van der Waals surface area contributed by atoms with Crippen molar-refractivity contribution in [1.29, 1.82) is 0 Å². The van der Waals surface area contributed by atoms with Gasteiger partial charge in [0.1, 0.15) is 0 Å². The predicted octanol–water partition coefficient (Wildman–Crippen LogP) is 21.4. The number of carbonyl (C=O) groups is 2. The molecule has 0 aliphatic carbocycles. The summed E-state index contributed by atoms with van der Waals surface area (Å²) in [6, 6.07) is -0.631. The van der Waals surface area contributed by atoms with Crippen molar-refractivity contribution in [1.82, 2.24) is 5.32 Å². The number of aliphatic hydroxyl groups is 2. The van der Waals surface area contributed by atoms with Gasteiger partial charge in [0.05, 0.1) is 25.4 Å². The molecule has 438 valence electrons. The Hall–Kier alpha value is -1.66. The number of amides is 1. The van der Waals surface area contributed by atoms with Gasteiger partial charge < -0.3 is 20.3 Å². The Morgan fingerprint density at radius 1 is 0.365 bits per heavy atom. The summed E-state index contributed by atoms with van der Waals surface area (Å²) in [5.74, 6) is -0.0533. The zero-order valence-corrected chi connectivity index (χ0v) is 50.1. The van der Waals surface area contributed by atoms with E-state index in [-0.39, 0.29) is 18.5 Å². The molecule has 1 amide bonds. The highest BCUT2D eigenvalue weighted by Crippen LogP contribution is 2.18. The molecule has 0 heterocycles. The van der Waals surface area contributed by atoms with Gasteiger partial charge in [-0.3, -0.25) is 9.59 Å². The van der Waals surface area contributed by atoms with Crippen LogP contribution in [-0.4, -0.2) is 47.4 Å². The third-order valence-corrected chi connectivity index (χ3v) is 15.7. The first-order valence-corrected chi connectivity index (χ1v) is 33.6. The number of carbonyl (C=O) groups excluding carboxylic acids is 2. The first-order valence-electron chi connectivity index (χ1n) is 33.6. The molecule has 0 spiro atoms. The Kier molecular flexibility index (Phi) is 62.4. The fourth-order valence-corrected chi connectivity index (χ4v) is 10.6. The number of hydrogen-bond acceptors (Lipinski definition) is 5. The van der Waals surface area contributed by atoms with E-state index in [2.05, 4.69) is 31.3 Å². The highest BCUT2D eigenvalue weighted by molar-refractivity contribution is 5.76. The van der Waals surface area contributed by atoms with E-state index in [0.29, 0.717) is 19.4 Å². The maximum atomic E-state index is 12.5. The van der Waals surface area contributed by atoms with Crippen LogP contribution in [0.1, 0.15) is 373 Å². The van der Waals surface area contributed by atoms with Gasteiger partial charge >= 0.3 is 5.97 Å². The summed E-state index contributed by atoms with van der Waals surface area (Å²) in [5.41, 5.74) is 0. The Morgan fingerprint density at radius 2 is 0.635 bits per heavy atom. The summed E-state index contributed by atoms with van der Waals surface area (Å²) >= 11 is 0. The quantitative estimate of drug-likeness (QED) is 0.0320. The van der Waals surface area contributed by atoms with Crippen LogP contribution in [0, 0.1) is 0 Å². The van der Waals surface area contributed by atoms with Crippen LogP contribution >= 0.6 is 0 Å². The average Bonchev–Trinajstić information content (AvgIpc) is 3.40. The molecule has 6 heteroatoms. The van der Waals surface area contributed by atoms with Crippen molar-refractivity contribution in [3.05, 3.63) is 24.3 Å². The molecular formula is C68H131NO5. The maximum absolute atomic E-state index is 12.5. The van der Waals surface area contributed by atoms with Crippen LogP contribution in [0.25, 0.3) is 0 Å². The van der Waals surface area contributed by atoms with Crippen LogP contribution in [0.3, 0.4) is 0 Å². The molecule has 0 aromatic carbocycles. The van der Waals surface area contributed by atoms with Gasteiger partial charge in [-0.05, 0) is 57.8 Å². The average molecular weight is 1040 g/mol. The van der Waals surface area contributed by atoms with Crippen molar-refractivity contribution >= 4 is 11.9 Å². The molecule has 0 rings (SSSR count). The van der Waals surface area contributed by atoms with Gasteiger partial charge in [-0.25, -0.2) is 0 Å². The Bertz CT molecular complexity index is 1150. The van der Waals surface area contributed by atoms with Gasteiger partial charge in [-0.2, -0.15) is 0 Å². The second-order valence-electron chi connectivity index (χ2n) is 23.2. The molecule has 0 aliphatic heterocycles. The SMILES string of the molecule is CCCCCCCCCCCCCCCCCCCC/C=C/C(O)C(CO)NC(=O)CCCCCCCCCCC/C=C\CCCCCCCCCCCCCCOC(=O)CCCCCCCCCCCCCC. The zero-order valence-electron chi connectivity index (χ0n) is 50.1. The smallest absolute Gasteiger partial charge is 0.305 e. The summed E-state index contributed by atoms with van der Waals surface area (Å²) in [6.07, 6.45) is 79.5. The summed E-state index contributed by atoms with van der Waals surface area (Å²) in [4.78, 5) is 24.5. The number of rotatable bonds is 63. The van der Waals surface area contributed by atoms with Gasteiger partial charge in [0.2, 0.25) is 5.91 Å². The fraction of sp³-hybridized carbons (Fsp3) is 0.912.